The summed E-state index contributed by atoms with van der Waals surface area (Å²) >= 11 is 0. The first kappa shape index (κ1) is 16.8. The van der Waals surface area contributed by atoms with Gasteiger partial charge in [0.15, 0.2) is 0 Å². The van der Waals surface area contributed by atoms with E-state index in [1.807, 2.05) is 0 Å². The first-order chi connectivity index (χ1) is 9.01. The van der Waals surface area contributed by atoms with Gasteiger partial charge in [-0.2, -0.15) is 0 Å². The Hall–Kier alpha value is -1.30. The topological polar surface area (TPSA) is 0 Å². The predicted octanol–water partition coefficient (Wildman–Crippen LogP) is 6.38. The summed E-state index contributed by atoms with van der Waals surface area (Å²) in [5.41, 5.74) is 5.87. The van der Waals surface area contributed by atoms with Crippen molar-refractivity contribution in [2.24, 2.45) is 5.41 Å². The highest BCUT2D eigenvalue weighted by molar-refractivity contribution is 5.65. The molecule has 1 aromatic rings. The van der Waals surface area contributed by atoms with Crippen molar-refractivity contribution in [3.8, 4) is 0 Å². The molecule has 0 atom stereocenters. The highest BCUT2D eigenvalue weighted by Gasteiger charge is 2.13. The van der Waals surface area contributed by atoms with Gasteiger partial charge >= 0.3 is 0 Å². The molecule has 0 aliphatic heterocycles. The molecular formula is C20H30. The lowest BCUT2D eigenvalue weighted by molar-refractivity contribution is 0.504. The molecule has 0 bridgehead atoms. The average Bonchev–Trinajstić information content (AvgIpc) is 2.33. The van der Waals surface area contributed by atoms with Crippen LogP contribution in [-0.2, 0) is 5.41 Å². The van der Waals surface area contributed by atoms with Crippen LogP contribution in [0.25, 0.3) is 5.57 Å². The van der Waals surface area contributed by atoms with E-state index in [0.717, 1.165) is 0 Å². The summed E-state index contributed by atoms with van der Waals surface area (Å²) < 4.78 is 0. The van der Waals surface area contributed by atoms with E-state index in [-0.39, 0.29) is 10.8 Å². The zero-order valence-electron chi connectivity index (χ0n) is 14.5. The minimum absolute atomic E-state index is 0.221. The first-order valence-electron chi connectivity index (χ1n) is 7.48. The van der Waals surface area contributed by atoms with Crippen LogP contribution in [0.1, 0.15) is 66.5 Å². The monoisotopic (exact) mass is 270 g/mol. The number of hydrogen-bond acceptors (Lipinski definition) is 0. The van der Waals surface area contributed by atoms with E-state index in [2.05, 4.69) is 91.8 Å². The number of benzene rings is 1. The van der Waals surface area contributed by atoms with E-state index in [9.17, 15) is 0 Å². The molecule has 20 heavy (non-hydrogen) atoms. The molecule has 1 aromatic carbocycles. The van der Waals surface area contributed by atoms with Gasteiger partial charge in [0.2, 0.25) is 0 Å². The van der Waals surface area contributed by atoms with Gasteiger partial charge in [-0.1, -0.05) is 83.5 Å². The molecule has 0 heterocycles. The fourth-order valence-electron chi connectivity index (χ4n) is 1.83. The van der Waals surface area contributed by atoms with Gasteiger partial charge in [0, 0.05) is 0 Å². The summed E-state index contributed by atoms with van der Waals surface area (Å²) in [6.45, 7) is 17.9. The molecule has 0 fully saturated rings. The fraction of sp³-hybridized carbons (Fsp3) is 0.500. The largest absolute Gasteiger partial charge is 0.0679 e. The van der Waals surface area contributed by atoms with Crippen molar-refractivity contribution in [2.45, 2.75) is 60.8 Å². The summed E-state index contributed by atoms with van der Waals surface area (Å²) in [4.78, 5) is 0. The van der Waals surface area contributed by atoms with E-state index < -0.39 is 0 Å². The Morgan fingerprint density at radius 2 is 1.30 bits per heavy atom. The molecule has 0 spiro atoms. The third-order valence-corrected chi connectivity index (χ3v) is 3.97. The van der Waals surface area contributed by atoms with E-state index >= 15 is 0 Å². The summed E-state index contributed by atoms with van der Waals surface area (Å²) in [6.07, 6.45) is 4.47. The number of hydrogen-bond donors (Lipinski definition) is 0. The van der Waals surface area contributed by atoms with Crippen molar-refractivity contribution in [3.63, 3.8) is 0 Å². The van der Waals surface area contributed by atoms with Crippen LogP contribution >= 0.6 is 0 Å². The third kappa shape index (κ3) is 4.67. The van der Waals surface area contributed by atoms with Gasteiger partial charge in [-0.3, -0.25) is 0 Å². The summed E-state index contributed by atoms with van der Waals surface area (Å²) in [5, 5.41) is 0. The smallest absolute Gasteiger partial charge is 0.0132 e. The minimum Gasteiger partial charge on any atom is -0.0679 e. The maximum Gasteiger partial charge on any atom is -0.0132 e. The second-order valence-corrected chi connectivity index (χ2v) is 7.78. The molecular weight excluding hydrogens is 240 g/mol. The van der Waals surface area contributed by atoms with Crippen LogP contribution in [0, 0.1) is 5.41 Å². The van der Waals surface area contributed by atoms with Gasteiger partial charge in [0.25, 0.3) is 0 Å². The second kappa shape index (κ2) is 5.99. The number of allylic oxidation sites excluding steroid dienone is 4. The SMILES string of the molecule is C/C(=C\C=C(/C)C(C)(C)C)c1ccc(C(C)(C)C)cc1. The van der Waals surface area contributed by atoms with Gasteiger partial charge in [-0.25, -0.2) is 0 Å². The zero-order chi connectivity index (χ0) is 15.6. The molecule has 0 aliphatic carbocycles. The molecule has 0 radical (unpaired) electrons. The molecule has 0 nitrogen and oxygen atoms in total. The lowest BCUT2D eigenvalue weighted by atomic mass is 9.86. The van der Waals surface area contributed by atoms with Gasteiger partial charge in [0.05, 0.1) is 0 Å². The minimum atomic E-state index is 0.221. The van der Waals surface area contributed by atoms with Crippen molar-refractivity contribution < 1.29 is 0 Å². The van der Waals surface area contributed by atoms with Gasteiger partial charge in [0.1, 0.15) is 0 Å². The lowest BCUT2D eigenvalue weighted by Gasteiger charge is -2.19. The first-order valence-corrected chi connectivity index (χ1v) is 7.48. The van der Waals surface area contributed by atoms with Crippen LogP contribution in [0.5, 0.6) is 0 Å². The molecule has 0 aromatic heterocycles. The molecule has 110 valence electrons. The molecule has 0 heteroatoms. The highest BCUT2D eigenvalue weighted by Crippen LogP contribution is 2.26. The molecule has 1 rings (SSSR count). The summed E-state index contributed by atoms with van der Waals surface area (Å²) in [6, 6.07) is 8.94. The molecule has 0 saturated carbocycles. The molecule has 0 saturated heterocycles. The van der Waals surface area contributed by atoms with Crippen molar-refractivity contribution in [2.75, 3.05) is 0 Å². The Labute approximate surface area is 125 Å². The van der Waals surface area contributed by atoms with E-state index in [1.54, 1.807) is 0 Å². The van der Waals surface area contributed by atoms with Crippen LogP contribution in [0.4, 0.5) is 0 Å². The van der Waals surface area contributed by atoms with E-state index in [0.29, 0.717) is 0 Å². The van der Waals surface area contributed by atoms with Crippen molar-refractivity contribution in [1.82, 2.24) is 0 Å². The van der Waals surface area contributed by atoms with Crippen LogP contribution in [0.2, 0.25) is 0 Å². The van der Waals surface area contributed by atoms with Crippen molar-refractivity contribution in [1.29, 1.82) is 0 Å². The zero-order valence-corrected chi connectivity index (χ0v) is 14.5. The highest BCUT2D eigenvalue weighted by atomic mass is 14.2. The van der Waals surface area contributed by atoms with Crippen LogP contribution < -0.4 is 0 Å². The lowest BCUT2D eigenvalue weighted by Crippen LogP contribution is -2.10. The normalized spacial score (nSPS) is 14.6. The van der Waals surface area contributed by atoms with Crippen LogP contribution in [0.15, 0.2) is 42.0 Å². The molecule has 0 amide bonds. The van der Waals surface area contributed by atoms with Gasteiger partial charge in [-0.15, -0.1) is 0 Å². The Bertz CT molecular complexity index is 496. The number of rotatable bonds is 2. The summed E-state index contributed by atoms with van der Waals surface area (Å²) in [7, 11) is 0. The van der Waals surface area contributed by atoms with Gasteiger partial charge < -0.3 is 0 Å². The van der Waals surface area contributed by atoms with E-state index in [4.69, 9.17) is 0 Å². The standard InChI is InChI=1S/C20H30/c1-15(9-10-16(2)19(3,4)5)17-11-13-18(14-12-17)20(6,7)8/h9-14H,1-8H3/b15-9+,16-10+. The maximum atomic E-state index is 2.25. The third-order valence-electron chi connectivity index (χ3n) is 3.97. The predicted molar refractivity (Wildman–Crippen MR) is 92.0 cm³/mol. The maximum absolute atomic E-state index is 2.25. The fourth-order valence-corrected chi connectivity index (χ4v) is 1.83. The molecule has 0 aliphatic rings. The Morgan fingerprint density at radius 3 is 1.70 bits per heavy atom. The van der Waals surface area contributed by atoms with Crippen LogP contribution in [-0.4, -0.2) is 0 Å². The van der Waals surface area contributed by atoms with Gasteiger partial charge in [-0.05, 0) is 41.4 Å². The molecule has 0 N–H and O–H groups in total. The van der Waals surface area contributed by atoms with Crippen LogP contribution in [0.3, 0.4) is 0 Å². The van der Waals surface area contributed by atoms with Crippen molar-refractivity contribution in [3.05, 3.63) is 53.1 Å². The Kier molecular flexibility index (Phi) is 5.02. The average molecular weight is 270 g/mol. The Balaban J connectivity index is 2.96. The Morgan fingerprint density at radius 1 is 0.800 bits per heavy atom. The second-order valence-electron chi connectivity index (χ2n) is 7.78. The van der Waals surface area contributed by atoms with Crippen molar-refractivity contribution >= 4 is 5.57 Å². The van der Waals surface area contributed by atoms with E-state index in [1.165, 1.54) is 22.3 Å². The molecule has 0 unspecified atom stereocenters. The summed E-state index contributed by atoms with van der Waals surface area (Å²) in [5.74, 6) is 0. The quantitative estimate of drug-likeness (QED) is 0.547.